The molecule has 0 spiro atoms. The molecule has 0 amide bonds. The van der Waals surface area contributed by atoms with Crippen LogP contribution in [0.3, 0.4) is 0 Å². The molecular formula is C14H18F3NOS. The van der Waals surface area contributed by atoms with Crippen molar-refractivity contribution in [1.29, 1.82) is 0 Å². The monoisotopic (exact) mass is 305 g/mol. The Bertz CT molecular complexity index is 557. The largest absolute Gasteiger partial charge is 0.271 e. The van der Waals surface area contributed by atoms with Gasteiger partial charge in [-0.3, -0.25) is 0 Å². The fraction of sp³-hybridized carbons (Fsp3) is 0.500. The SMILES string of the molecule is C/C(=N\[S@@](=O)C(C)(C)C)c1cc(F)ccc1C(C)(F)F. The summed E-state index contributed by atoms with van der Waals surface area (Å²) in [6.45, 7) is 7.35. The summed E-state index contributed by atoms with van der Waals surface area (Å²) in [6, 6.07) is 3.00. The molecule has 1 aromatic rings. The smallest absolute Gasteiger partial charge is 0.234 e. The van der Waals surface area contributed by atoms with Gasteiger partial charge in [-0.25, -0.2) is 17.4 Å². The maximum absolute atomic E-state index is 13.5. The summed E-state index contributed by atoms with van der Waals surface area (Å²) >= 11 is 0. The molecule has 1 atom stereocenters. The third kappa shape index (κ3) is 4.16. The molecule has 0 N–H and O–H groups in total. The Morgan fingerprint density at radius 3 is 2.20 bits per heavy atom. The van der Waals surface area contributed by atoms with Gasteiger partial charge in [-0.1, -0.05) is 0 Å². The van der Waals surface area contributed by atoms with Crippen molar-refractivity contribution in [2.75, 3.05) is 0 Å². The lowest BCUT2D eigenvalue weighted by atomic mass is 9.99. The van der Waals surface area contributed by atoms with Gasteiger partial charge >= 0.3 is 0 Å². The zero-order valence-electron chi connectivity index (χ0n) is 12.1. The van der Waals surface area contributed by atoms with Gasteiger partial charge in [0.15, 0.2) is 0 Å². The van der Waals surface area contributed by atoms with E-state index in [4.69, 9.17) is 0 Å². The van der Waals surface area contributed by atoms with Crippen LogP contribution >= 0.6 is 0 Å². The highest BCUT2D eigenvalue weighted by atomic mass is 32.2. The van der Waals surface area contributed by atoms with Crippen molar-refractivity contribution in [2.24, 2.45) is 4.40 Å². The Kier molecular flexibility index (Phi) is 4.79. The second-order valence-electron chi connectivity index (χ2n) is 5.62. The van der Waals surface area contributed by atoms with E-state index < -0.39 is 27.5 Å². The van der Waals surface area contributed by atoms with Crippen molar-refractivity contribution in [3.63, 3.8) is 0 Å². The predicted octanol–water partition coefficient (Wildman–Crippen LogP) is 4.21. The first-order valence-electron chi connectivity index (χ1n) is 6.08. The maximum Gasteiger partial charge on any atom is 0.271 e. The van der Waals surface area contributed by atoms with E-state index in [1.807, 2.05) is 0 Å². The van der Waals surface area contributed by atoms with Gasteiger partial charge in [0.2, 0.25) is 0 Å². The van der Waals surface area contributed by atoms with E-state index in [1.54, 1.807) is 20.8 Å². The van der Waals surface area contributed by atoms with Crippen molar-refractivity contribution >= 4 is 16.7 Å². The van der Waals surface area contributed by atoms with Crippen molar-refractivity contribution in [3.05, 3.63) is 35.1 Å². The summed E-state index contributed by atoms with van der Waals surface area (Å²) in [5.41, 5.74) is -0.213. The van der Waals surface area contributed by atoms with Crippen LogP contribution in [0.5, 0.6) is 0 Å². The molecule has 0 aliphatic heterocycles. The van der Waals surface area contributed by atoms with E-state index in [9.17, 15) is 17.4 Å². The van der Waals surface area contributed by atoms with Gasteiger partial charge in [0.05, 0.1) is 10.5 Å². The minimum atomic E-state index is -3.12. The zero-order chi connectivity index (χ0) is 15.7. The van der Waals surface area contributed by atoms with E-state index in [0.717, 1.165) is 25.1 Å². The molecule has 0 heterocycles. The number of nitrogens with zero attached hydrogens (tertiary/aromatic N) is 1. The van der Waals surface area contributed by atoms with Crippen molar-refractivity contribution < 1.29 is 17.4 Å². The molecule has 20 heavy (non-hydrogen) atoms. The number of hydrogen-bond donors (Lipinski definition) is 0. The van der Waals surface area contributed by atoms with Crippen LogP contribution in [0.2, 0.25) is 0 Å². The summed E-state index contributed by atoms with van der Waals surface area (Å²) in [7, 11) is -1.59. The van der Waals surface area contributed by atoms with E-state index in [0.29, 0.717) is 0 Å². The van der Waals surface area contributed by atoms with Crippen LogP contribution in [-0.4, -0.2) is 14.7 Å². The standard InChI is InChI=1S/C14H18F3NOS/c1-9(18-20(19)13(2,3)4)11-8-10(15)6-7-12(11)14(5,16)17/h6-8H,1-5H3/b18-9+/t20-/m0/s1. The number of alkyl halides is 2. The third-order valence-electron chi connectivity index (χ3n) is 2.59. The molecule has 0 saturated carbocycles. The molecule has 2 nitrogen and oxygen atoms in total. The van der Waals surface area contributed by atoms with Crippen LogP contribution in [-0.2, 0) is 16.9 Å². The summed E-state index contributed by atoms with van der Waals surface area (Å²) < 4.78 is 55.6. The van der Waals surface area contributed by atoms with Crippen LogP contribution in [0, 0.1) is 5.82 Å². The first-order valence-corrected chi connectivity index (χ1v) is 7.19. The molecule has 112 valence electrons. The van der Waals surface area contributed by atoms with Gasteiger partial charge in [-0.05, 0) is 45.9 Å². The average Bonchev–Trinajstić information content (AvgIpc) is 2.25. The Labute approximate surface area is 119 Å². The van der Waals surface area contributed by atoms with Crippen molar-refractivity contribution in [3.8, 4) is 0 Å². The normalized spacial score (nSPS) is 15.3. The van der Waals surface area contributed by atoms with E-state index in [-0.39, 0.29) is 16.8 Å². The van der Waals surface area contributed by atoms with Crippen LogP contribution in [0.4, 0.5) is 13.2 Å². The van der Waals surface area contributed by atoms with Crippen LogP contribution in [0.15, 0.2) is 22.6 Å². The predicted molar refractivity (Wildman–Crippen MR) is 76.1 cm³/mol. The number of benzene rings is 1. The second-order valence-corrected chi connectivity index (χ2v) is 7.52. The molecule has 0 aliphatic carbocycles. The van der Waals surface area contributed by atoms with Crippen LogP contribution in [0.1, 0.15) is 45.7 Å². The first-order chi connectivity index (χ1) is 8.93. The lowest BCUT2D eigenvalue weighted by Gasteiger charge is -2.17. The molecule has 1 rings (SSSR count). The Morgan fingerprint density at radius 1 is 1.20 bits per heavy atom. The fourth-order valence-electron chi connectivity index (χ4n) is 1.51. The summed E-state index contributed by atoms with van der Waals surface area (Å²) in [5.74, 6) is -3.76. The lowest BCUT2D eigenvalue weighted by Crippen LogP contribution is -2.21. The van der Waals surface area contributed by atoms with Crippen molar-refractivity contribution in [1.82, 2.24) is 0 Å². The van der Waals surface area contributed by atoms with Crippen molar-refractivity contribution in [2.45, 2.75) is 45.3 Å². The summed E-state index contributed by atoms with van der Waals surface area (Å²) in [6.07, 6.45) is 0. The third-order valence-corrected chi connectivity index (χ3v) is 4.08. The molecule has 0 aromatic heterocycles. The molecule has 1 aromatic carbocycles. The van der Waals surface area contributed by atoms with Gasteiger partial charge in [0.1, 0.15) is 16.8 Å². The Balaban J connectivity index is 3.35. The summed E-state index contributed by atoms with van der Waals surface area (Å²) in [5, 5.41) is 0. The lowest BCUT2D eigenvalue weighted by molar-refractivity contribution is 0.0172. The first kappa shape index (κ1) is 16.9. The van der Waals surface area contributed by atoms with Gasteiger partial charge in [-0.15, -0.1) is 0 Å². The van der Waals surface area contributed by atoms with E-state index in [1.165, 1.54) is 6.92 Å². The zero-order valence-corrected chi connectivity index (χ0v) is 12.9. The molecule has 0 bridgehead atoms. The van der Waals surface area contributed by atoms with Gasteiger partial charge in [0, 0.05) is 18.1 Å². The summed E-state index contributed by atoms with van der Waals surface area (Å²) in [4.78, 5) is 0. The highest BCUT2D eigenvalue weighted by Gasteiger charge is 2.29. The molecular weight excluding hydrogens is 287 g/mol. The van der Waals surface area contributed by atoms with Gasteiger partial charge < -0.3 is 0 Å². The fourth-order valence-corrected chi connectivity index (χ4v) is 2.13. The Hall–Kier alpha value is -1.17. The van der Waals surface area contributed by atoms with Crippen LogP contribution < -0.4 is 0 Å². The van der Waals surface area contributed by atoms with E-state index >= 15 is 0 Å². The minimum Gasteiger partial charge on any atom is -0.234 e. The average molecular weight is 305 g/mol. The van der Waals surface area contributed by atoms with Gasteiger partial charge in [-0.2, -0.15) is 4.40 Å². The minimum absolute atomic E-state index is 0.0184. The molecule has 0 radical (unpaired) electrons. The van der Waals surface area contributed by atoms with Gasteiger partial charge in [0.25, 0.3) is 5.92 Å². The molecule has 0 unspecified atom stereocenters. The van der Waals surface area contributed by atoms with Crippen LogP contribution in [0.25, 0.3) is 0 Å². The maximum atomic E-state index is 13.5. The molecule has 0 saturated heterocycles. The molecule has 6 heteroatoms. The highest BCUT2D eigenvalue weighted by molar-refractivity contribution is 7.85. The van der Waals surface area contributed by atoms with E-state index in [2.05, 4.69) is 4.40 Å². The number of halogens is 3. The topological polar surface area (TPSA) is 29.4 Å². The second kappa shape index (κ2) is 5.68. The number of rotatable bonds is 3. The number of hydrogen-bond acceptors (Lipinski definition) is 1. The molecule has 0 aliphatic rings. The molecule has 0 fully saturated rings. The quantitative estimate of drug-likeness (QED) is 0.769. The highest BCUT2D eigenvalue weighted by Crippen LogP contribution is 2.31. The Morgan fingerprint density at radius 2 is 1.75 bits per heavy atom.